The molecule has 3 aromatic carbocycles. The summed E-state index contributed by atoms with van der Waals surface area (Å²) in [5.41, 5.74) is 0.969. The van der Waals surface area contributed by atoms with Crippen LogP contribution >= 0.6 is 0 Å². The fourth-order valence-electron chi connectivity index (χ4n) is 10.2. The zero-order valence-corrected chi connectivity index (χ0v) is 33.3. The number of ether oxygens (including phenoxy) is 9. The number of hydrogen-bond donors (Lipinski definition) is 0. The van der Waals surface area contributed by atoms with Crippen LogP contribution in [0.5, 0.6) is 0 Å². The van der Waals surface area contributed by atoms with Crippen molar-refractivity contribution in [3.63, 3.8) is 0 Å². The molecule has 9 heteroatoms. The topological polar surface area (TPSA) is 83.1 Å². The molecule has 9 nitrogen and oxygen atoms in total. The van der Waals surface area contributed by atoms with E-state index in [1.54, 1.807) is 0 Å². The lowest BCUT2D eigenvalue weighted by molar-refractivity contribution is -0.381. The molecule has 9 rings (SSSR count). The SMILES string of the molecule is C[C@@]1(OCc2ccccc2)C[C@]2(C)O[C@@H]3/C=C\C[C@@H]4O[C@@H]5C[C@@H]6OC(c7ccccc7)OC[C@@]6(C)O[C@@]5(C)C[C@H]4O[C@H]3C[C@H]2O[C@H]1CCOCc1ccccc1. The molecule has 6 heterocycles. The van der Waals surface area contributed by atoms with Gasteiger partial charge in [-0.1, -0.05) is 103 Å². The van der Waals surface area contributed by atoms with E-state index in [0.717, 1.165) is 29.5 Å². The largest absolute Gasteiger partial charge is 0.377 e. The van der Waals surface area contributed by atoms with Crippen molar-refractivity contribution < 1.29 is 42.6 Å². The van der Waals surface area contributed by atoms with E-state index in [0.29, 0.717) is 52.1 Å². The van der Waals surface area contributed by atoms with Gasteiger partial charge in [-0.3, -0.25) is 0 Å². The van der Waals surface area contributed by atoms with Crippen LogP contribution in [-0.4, -0.2) is 84.4 Å². The van der Waals surface area contributed by atoms with Gasteiger partial charge in [0, 0.05) is 37.9 Å². The Kier molecular flexibility index (Phi) is 10.8. The molecule has 0 aliphatic carbocycles. The summed E-state index contributed by atoms with van der Waals surface area (Å²) in [6.07, 6.45) is 6.91. The molecule has 0 radical (unpaired) electrons. The van der Waals surface area contributed by atoms with Crippen LogP contribution in [0, 0.1) is 0 Å². The number of rotatable bonds is 9. The minimum Gasteiger partial charge on any atom is -0.377 e. The van der Waals surface area contributed by atoms with Gasteiger partial charge in [0.2, 0.25) is 0 Å². The van der Waals surface area contributed by atoms with Gasteiger partial charge < -0.3 is 42.6 Å². The summed E-state index contributed by atoms with van der Waals surface area (Å²) in [5, 5.41) is 0. The summed E-state index contributed by atoms with van der Waals surface area (Å²) >= 11 is 0. The van der Waals surface area contributed by atoms with Gasteiger partial charge in [-0.25, -0.2) is 0 Å². The average molecular weight is 767 g/mol. The predicted octanol–water partition coefficient (Wildman–Crippen LogP) is 8.20. The van der Waals surface area contributed by atoms with Crippen molar-refractivity contribution in [3.05, 3.63) is 120 Å². The van der Waals surface area contributed by atoms with Gasteiger partial charge in [0.15, 0.2) is 6.29 Å². The molecule has 0 amide bonds. The van der Waals surface area contributed by atoms with Crippen LogP contribution in [0.3, 0.4) is 0 Å². The normalized spacial score (nSPS) is 42.4. The van der Waals surface area contributed by atoms with Crippen molar-refractivity contribution in [1.82, 2.24) is 0 Å². The van der Waals surface area contributed by atoms with E-state index < -0.39 is 28.7 Å². The summed E-state index contributed by atoms with van der Waals surface area (Å²) in [7, 11) is 0. The molecule has 0 aromatic heterocycles. The molecule has 1 unspecified atom stereocenters. The zero-order chi connectivity index (χ0) is 38.4. The summed E-state index contributed by atoms with van der Waals surface area (Å²) in [6, 6.07) is 30.8. The van der Waals surface area contributed by atoms with Crippen LogP contribution in [0.25, 0.3) is 0 Å². The summed E-state index contributed by atoms with van der Waals surface area (Å²) in [6.45, 7) is 10.7. The fraction of sp³-hybridized carbons (Fsp3) is 0.574. The molecular formula is C47H58O9. The van der Waals surface area contributed by atoms with Gasteiger partial charge >= 0.3 is 0 Å². The Bertz CT molecular complexity index is 1790. The third kappa shape index (κ3) is 7.80. The first-order valence-corrected chi connectivity index (χ1v) is 20.7. The Balaban J connectivity index is 0.894. The smallest absolute Gasteiger partial charge is 0.184 e. The second kappa shape index (κ2) is 15.7. The minimum atomic E-state index is -0.600. The van der Waals surface area contributed by atoms with Crippen LogP contribution in [-0.2, 0) is 55.8 Å². The number of benzene rings is 3. The maximum atomic E-state index is 7.11. The Labute approximate surface area is 331 Å². The van der Waals surface area contributed by atoms with Crippen LogP contribution in [0.15, 0.2) is 103 Å². The van der Waals surface area contributed by atoms with E-state index >= 15 is 0 Å². The van der Waals surface area contributed by atoms with Gasteiger partial charge in [-0.05, 0) is 51.7 Å². The lowest BCUT2D eigenvalue weighted by atomic mass is 9.74. The molecule has 5 saturated heterocycles. The molecule has 0 saturated carbocycles. The molecular weight excluding hydrogens is 709 g/mol. The second-order valence-corrected chi connectivity index (χ2v) is 17.7. The van der Waals surface area contributed by atoms with Crippen molar-refractivity contribution in [1.29, 1.82) is 0 Å². The Morgan fingerprint density at radius 3 is 2.09 bits per heavy atom. The Morgan fingerprint density at radius 2 is 1.34 bits per heavy atom. The highest BCUT2D eigenvalue weighted by atomic mass is 16.7. The van der Waals surface area contributed by atoms with Crippen LogP contribution in [0.2, 0.25) is 0 Å². The van der Waals surface area contributed by atoms with Crippen LogP contribution in [0.4, 0.5) is 0 Å². The van der Waals surface area contributed by atoms with Gasteiger partial charge in [-0.15, -0.1) is 0 Å². The monoisotopic (exact) mass is 766 g/mol. The minimum absolute atomic E-state index is 0.104. The Morgan fingerprint density at radius 1 is 0.661 bits per heavy atom. The van der Waals surface area contributed by atoms with E-state index in [4.69, 9.17) is 42.6 Å². The van der Waals surface area contributed by atoms with Crippen molar-refractivity contribution in [2.24, 2.45) is 0 Å². The van der Waals surface area contributed by atoms with E-state index in [-0.39, 0.29) is 48.8 Å². The standard InChI is InChI=1S/C47H58O9/c1-44-27-38-35(52-41(44)26-42-47(4,56-44)31-49-43(54-42)34-19-12-7-13-20-34)21-14-22-36-37(51-38)25-40-46(3,55-36)30-45(2,50-29-33-17-10-6-11-18-33)39(53-40)23-24-48-28-32-15-8-5-9-16-32/h5-20,22,35-43H,21,23-31H2,1-4H3/b22-14-/t35-,36+,37-,38+,39-,40+,41+,42-,43?,44-,45+,46-,47+/m0/s1. The maximum absolute atomic E-state index is 7.11. The molecule has 0 spiro atoms. The van der Waals surface area contributed by atoms with Crippen molar-refractivity contribution in [3.8, 4) is 0 Å². The zero-order valence-electron chi connectivity index (χ0n) is 33.3. The molecule has 5 fully saturated rings. The molecule has 6 aliphatic heterocycles. The molecule has 0 N–H and O–H groups in total. The first-order chi connectivity index (χ1) is 27.1. The predicted molar refractivity (Wildman–Crippen MR) is 210 cm³/mol. The highest BCUT2D eigenvalue weighted by molar-refractivity contribution is 5.19. The molecule has 13 atom stereocenters. The van der Waals surface area contributed by atoms with Gasteiger partial charge in [0.25, 0.3) is 0 Å². The average Bonchev–Trinajstić information content (AvgIpc) is 3.19. The third-order valence-corrected chi connectivity index (χ3v) is 13.2. The molecule has 0 bridgehead atoms. The van der Waals surface area contributed by atoms with Crippen LogP contribution < -0.4 is 0 Å². The summed E-state index contributed by atoms with van der Waals surface area (Å²) in [4.78, 5) is 0. The Hall–Kier alpha value is -2.96. The number of hydrogen-bond acceptors (Lipinski definition) is 9. The van der Waals surface area contributed by atoms with Crippen molar-refractivity contribution in [2.75, 3.05) is 13.2 Å². The van der Waals surface area contributed by atoms with E-state index in [1.165, 1.54) is 0 Å². The lowest BCUT2D eigenvalue weighted by Crippen LogP contribution is -2.70. The molecule has 56 heavy (non-hydrogen) atoms. The van der Waals surface area contributed by atoms with Gasteiger partial charge in [0.1, 0.15) is 11.7 Å². The third-order valence-electron chi connectivity index (χ3n) is 13.2. The molecule has 6 aliphatic rings. The maximum Gasteiger partial charge on any atom is 0.184 e. The summed E-state index contributed by atoms with van der Waals surface area (Å²) in [5.74, 6) is 0. The van der Waals surface area contributed by atoms with Crippen molar-refractivity contribution in [2.45, 2.75) is 157 Å². The molecule has 300 valence electrons. The van der Waals surface area contributed by atoms with E-state index in [1.807, 2.05) is 54.6 Å². The van der Waals surface area contributed by atoms with Crippen molar-refractivity contribution >= 4 is 0 Å². The van der Waals surface area contributed by atoms with E-state index in [9.17, 15) is 0 Å². The van der Waals surface area contributed by atoms with Gasteiger partial charge in [-0.2, -0.15) is 0 Å². The quantitative estimate of drug-likeness (QED) is 0.158. The first-order valence-electron chi connectivity index (χ1n) is 20.7. The lowest BCUT2D eigenvalue weighted by Gasteiger charge is -2.60. The van der Waals surface area contributed by atoms with Gasteiger partial charge in [0.05, 0.1) is 79.4 Å². The highest BCUT2D eigenvalue weighted by Crippen LogP contribution is 2.51. The summed E-state index contributed by atoms with van der Waals surface area (Å²) < 4.78 is 61.1. The second-order valence-electron chi connectivity index (χ2n) is 17.7. The van der Waals surface area contributed by atoms with Crippen LogP contribution in [0.1, 0.15) is 89.2 Å². The fourth-order valence-corrected chi connectivity index (χ4v) is 10.2. The first kappa shape index (κ1) is 38.6. The highest BCUT2D eigenvalue weighted by Gasteiger charge is 2.61. The van der Waals surface area contributed by atoms with E-state index in [2.05, 4.69) is 76.2 Å². The molecule has 3 aromatic rings. The number of fused-ring (bicyclic) bond motifs is 5.